The average molecular weight is 413 g/mol. The molecule has 0 spiro atoms. The summed E-state index contributed by atoms with van der Waals surface area (Å²) in [5, 5.41) is 0.822. The summed E-state index contributed by atoms with van der Waals surface area (Å²) in [6.45, 7) is 2.04. The number of thioether (sulfide) groups is 1. The third kappa shape index (κ3) is 4.96. The first-order valence-electron chi connectivity index (χ1n) is 7.74. The Kier molecular flexibility index (Phi) is 5.68. The van der Waals surface area contributed by atoms with Crippen LogP contribution in [-0.4, -0.2) is 27.9 Å². The smallest absolute Gasteiger partial charge is 0.406 e. The number of aryl methyl sites for hydroxylation is 1. The minimum Gasteiger partial charge on any atom is -0.406 e. The number of thiophene rings is 1. The summed E-state index contributed by atoms with van der Waals surface area (Å²) >= 11 is 2.47. The van der Waals surface area contributed by atoms with Gasteiger partial charge in [0.05, 0.1) is 16.1 Å². The fourth-order valence-corrected chi connectivity index (χ4v) is 4.19. The van der Waals surface area contributed by atoms with E-state index in [1.165, 1.54) is 29.5 Å². The van der Waals surface area contributed by atoms with Gasteiger partial charge in [-0.25, -0.2) is 9.97 Å². The summed E-state index contributed by atoms with van der Waals surface area (Å²) in [6.07, 6.45) is -4.79. The largest absolute Gasteiger partial charge is 0.573 e. The van der Waals surface area contributed by atoms with Crippen molar-refractivity contribution < 1.29 is 22.7 Å². The van der Waals surface area contributed by atoms with Crippen LogP contribution in [0.15, 0.2) is 35.4 Å². The Hall–Kier alpha value is -2.17. The van der Waals surface area contributed by atoms with Crippen LogP contribution in [0.25, 0.3) is 10.9 Å². The molecule has 2 N–H and O–H groups in total. The van der Waals surface area contributed by atoms with E-state index < -0.39 is 6.36 Å². The lowest BCUT2D eigenvalue weighted by Crippen LogP contribution is -2.17. The number of alkyl halides is 3. The molecule has 3 rings (SSSR count). The van der Waals surface area contributed by atoms with Crippen molar-refractivity contribution in [3.63, 3.8) is 0 Å². The number of rotatable bonds is 6. The number of ketones is 1. The standard InChI is InChI=1S/C17H14F3N3O2S2/c1-9-22-13-4-2-10(25-17(18,19)20)6-12(13)16(23-9)26-8-14(24)15-5-3-11(7-21)27-15/h2-6H,7-8,21H2,1H3. The van der Waals surface area contributed by atoms with Crippen molar-refractivity contribution in [3.8, 4) is 5.75 Å². The quantitative estimate of drug-likeness (QED) is 0.368. The van der Waals surface area contributed by atoms with Gasteiger partial charge in [0.15, 0.2) is 5.78 Å². The van der Waals surface area contributed by atoms with Crippen LogP contribution in [0.2, 0.25) is 0 Å². The number of fused-ring (bicyclic) bond motifs is 1. The van der Waals surface area contributed by atoms with Crippen LogP contribution in [0.3, 0.4) is 0 Å². The summed E-state index contributed by atoms with van der Waals surface area (Å²) < 4.78 is 41.4. The molecule has 0 amide bonds. The van der Waals surface area contributed by atoms with Crippen LogP contribution >= 0.6 is 23.1 Å². The molecule has 1 aromatic carbocycles. The number of benzene rings is 1. The lowest BCUT2D eigenvalue weighted by Gasteiger charge is -2.11. The van der Waals surface area contributed by atoms with Crippen molar-refractivity contribution in [1.29, 1.82) is 0 Å². The van der Waals surface area contributed by atoms with E-state index in [-0.39, 0.29) is 17.3 Å². The molecule has 0 saturated carbocycles. The topological polar surface area (TPSA) is 78.1 Å². The average Bonchev–Trinajstić information content (AvgIpc) is 3.07. The van der Waals surface area contributed by atoms with E-state index in [1.54, 1.807) is 19.1 Å². The van der Waals surface area contributed by atoms with Crippen molar-refractivity contribution in [2.24, 2.45) is 5.73 Å². The maximum atomic E-state index is 12.5. The molecule has 0 atom stereocenters. The summed E-state index contributed by atoms with van der Waals surface area (Å²) in [6, 6.07) is 7.38. The van der Waals surface area contributed by atoms with Crippen molar-refractivity contribution in [2.75, 3.05) is 5.75 Å². The number of ether oxygens (including phenoxy) is 1. The van der Waals surface area contributed by atoms with Crippen molar-refractivity contribution in [3.05, 3.63) is 45.9 Å². The van der Waals surface area contributed by atoms with E-state index in [0.717, 1.165) is 16.6 Å². The highest BCUT2D eigenvalue weighted by Crippen LogP contribution is 2.31. The lowest BCUT2D eigenvalue weighted by molar-refractivity contribution is -0.274. The predicted molar refractivity (Wildman–Crippen MR) is 98.2 cm³/mol. The van der Waals surface area contributed by atoms with E-state index in [4.69, 9.17) is 5.73 Å². The van der Waals surface area contributed by atoms with E-state index in [9.17, 15) is 18.0 Å². The third-order valence-electron chi connectivity index (χ3n) is 3.46. The van der Waals surface area contributed by atoms with Crippen LogP contribution < -0.4 is 10.5 Å². The van der Waals surface area contributed by atoms with Crippen LogP contribution in [-0.2, 0) is 6.54 Å². The number of carbonyl (C=O) groups is 1. The molecule has 10 heteroatoms. The zero-order valence-corrected chi connectivity index (χ0v) is 15.7. The predicted octanol–water partition coefficient (Wildman–Crippen LogP) is 4.33. The molecular formula is C17H14F3N3O2S2. The molecule has 0 aliphatic heterocycles. The number of nitrogens with zero attached hydrogens (tertiary/aromatic N) is 2. The zero-order valence-electron chi connectivity index (χ0n) is 14.0. The molecule has 142 valence electrons. The summed E-state index contributed by atoms with van der Waals surface area (Å²) in [5.74, 6) is 0.0993. The van der Waals surface area contributed by atoms with E-state index in [0.29, 0.717) is 33.2 Å². The van der Waals surface area contributed by atoms with Crippen LogP contribution in [0, 0.1) is 6.92 Å². The Balaban J connectivity index is 1.85. The molecule has 0 aliphatic carbocycles. The first-order chi connectivity index (χ1) is 12.7. The lowest BCUT2D eigenvalue weighted by atomic mass is 10.2. The molecule has 2 heterocycles. The number of hydrogen-bond acceptors (Lipinski definition) is 7. The van der Waals surface area contributed by atoms with Gasteiger partial charge in [0.2, 0.25) is 0 Å². The summed E-state index contributed by atoms with van der Waals surface area (Å²) in [7, 11) is 0. The molecule has 0 aliphatic rings. The zero-order chi connectivity index (χ0) is 19.6. The normalized spacial score (nSPS) is 11.7. The Labute approximate surface area is 160 Å². The second-order valence-electron chi connectivity index (χ2n) is 5.48. The molecule has 0 radical (unpaired) electrons. The number of nitrogens with two attached hydrogens (primary N) is 1. The van der Waals surface area contributed by atoms with Gasteiger partial charge in [0, 0.05) is 16.8 Å². The monoisotopic (exact) mass is 413 g/mol. The number of aromatic nitrogens is 2. The SMILES string of the molecule is Cc1nc(SCC(=O)c2ccc(CN)s2)c2cc(OC(F)(F)F)ccc2n1. The molecule has 2 aromatic heterocycles. The second-order valence-corrected chi connectivity index (χ2v) is 7.62. The van der Waals surface area contributed by atoms with Crippen LogP contribution in [0.1, 0.15) is 20.4 Å². The number of halogens is 3. The first kappa shape index (κ1) is 19.6. The Bertz CT molecular complexity index is 989. The minimum absolute atomic E-state index is 0.0977. The molecule has 0 bridgehead atoms. The molecule has 3 aromatic rings. The third-order valence-corrected chi connectivity index (χ3v) is 5.60. The van der Waals surface area contributed by atoms with Gasteiger partial charge in [-0.05, 0) is 37.3 Å². The molecule has 0 fully saturated rings. The number of Topliss-reactive ketones (excluding diaryl/α,β-unsaturated/α-hetero) is 1. The minimum atomic E-state index is -4.79. The Morgan fingerprint density at radius 3 is 2.70 bits per heavy atom. The molecule has 0 saturated heterocycles. The van der Waals surface area contributed by atoms with Crippen molar-refractivity contribution in [2.45, 2.75) is 24.9 Å². The Morgan fingerprint density at radius 1 is 1.26 bits per heavy atom. The highest BCUT2D eigenvalue weighted by molar-refractivity contribution is 8.00. The van der Waals surface area contributed by atoms with Gasteiger partial charge in [0.1, 0.15) is 16.6 Å². The molecule has 5 nitrogen and oxygen atoms in total. The number of hydrogen-bond donors (Lipinski definition) is 1. The van der Waals surface area contributed by atoms with Gasteiger partial charge in [-0.15, -0.1) is 24.5 Å². The highest BCUT2D eigenvalue weighted by Gasteiger charge is 2.31. The van der Waals surface area contributed by atoms with Gasteiger partial charge in [-0.2, -0.15) is 0 Å². The van der Waals surface area contributed by atoms with Gasteiger partial charge in [-0.1, -0.05) is 11.8 Å². The van der Waals surface area contributed by atoms with Crippen molar-refractivity contribution >= 4 is 39.8 Å². The van der Waals surface area contributed by atoms with Gasteiger partial charge >= 0.3 is 6.36 Å². The first-order valence-corrected chi connectivity index (χ1v) is 9.54. The van der Waals surface area contributed by atoms with E-state index in [1.807, 2.05) is 0 Å². The summed E-state index contributed by atoms with van der Waals surface area (Å²) in [5.41, 5.74) is 6.03. The van der Waals surface area contributed by atoms with E-state index >= 15 is 0 Å². The highest BCUT2D eigenvalue weighted by atomic mass is 32.2. The van der Waals surface area contributed by atoms with Gasteiger partial charge in [-0.3, -0.25) is 4.79 Å². The fraction of sp³-hybridized carbons (Fsp3) is 0.235. The maximum absolute atomic E-state index is 12.5. The van der Waals surface area contributed by atoms with Crippen LogP contribution in [0.5, 0.6) is 5.75 Å². The fourth-order valence-electron chi connectivity index (χ4n) is 2.34. The van der Waals surface area contributed by atoms with E-state index in [2.05, 4.69) is 14.7 Å². The van der Waals surface area contributed by atoms with Crippen molar-refractivity contribution in [1.82, 2.24) is 9.97 Å². The number of carbonyl (C=O) groups excluding carboxylic acids is 1. The summed E-state index contributed by atoms with van der Waals surface area (Å²) in [4.78, 5) is 22.3. The van der Waals surface area contributed by atoms with Gasteiger partial charge < -0.3 is 10.5 Å². The molecule has 0 unspecified atom stereocenters. The molecular weight excluding hydrogens is 399 g/mol. The second kappa shape index (κ2) is 7.83. The Morgan fingerprint density at radius 2 is 2.04 bits per heavy atom. The maximum Gasteiger partial charge on any atom is 0.573 e. The van der Waals surface area contributed by atoms with Gasteiger partial charge in [0.25, 0.3) is 0 Å². The molecule has 27 heavy (non-hydrogen) atoms. The van der Waals surface area contributed by atoms with Crippen LogP contribution in [0.4, 0.5) is 13.2 Å².